The minimum Gasteiger partial charge on any atom is -0.341 e. The highest BCUT2D eigenvalue weighted by atomic mass is 32.2. The number of pyridine rings is 1. The first-order valence-corrected chi connectivity index (χ1v) is 10.6. The van der Waals surface area contributed by atoms with Crippen LogP contribution in [0.3, 0.4) is 0 Å². The molecule has 8 nitrogen and oxygen atoms in total. The fourth-order valence-corrected chi connectivity index (χ4v) is 4.61. The standard InChI is InChI=1S/C19H21N5O3S/c25-19(22-17-7-3-4-10-20-17)14-8-11-24(12-9-14)13-18-21-15-5-1-2-6-16(15)28(26,27)23-18/h1-7,10,14H,8-9,11-13H2,(H,21,23)(H,20,22,25). The van der Waals surface area contributed by atoms with Crippen molar-refractivity contribution in [2.75, 3.05) is 30.3 Å². The summed E-state index contributed by atoms with van der Waals surface area (Å²) in [7, 11) is -3.67. The molecule has 0 saturated carbocycles. The molecule has 146 valence electrons. The number of carbonyl (C=O) groups excluding carboxylic acids is 1. The lowest BCUT2D eigenvalue weighted by atomic mass is 9.96. The van der Waals surface area contributed by atoms with Gasteiger partial charge in [-0.3, -0.25) is 9.69 Å². The van der Waals surface area contributed by atoms with E-state index in [2.05, 4.69) is 24.9 Å². The lowest BCUT2D eigenvalue weighted by Crippen LogP contribution is -2.42. The number of hydrogen-bond donors (Lipinski definition) is 2. The number of amides is 1. The molecule has 1 fully saturated rings. The number of nitrogens with one attached hydrogen (secondary N) is 2. The van der Waals surface area contributed by atoms with Crippen LogP contribution in [-0.4, -0.2) is 49.7 Å². The predicted octanol–water partition coefficient (Wildman–Crippen LogP) is 1.94. The average molecular weight is 399 g/mol. The van der Waals surface area contributed by atoms with Crippen LogP contribution in [0.25, 0.3) is 0 Å². The SMILES string of the molecule is O=C(Nc1ccccn1)C1CCN(CC2=NS(=O)(=O)c3ccccc3N2)CC1. The molecule has 28 heavy (non-hydrogen) atoms. The minimum atomic E-state index is -3.67. The number of hydrogen-bond acceptors (Lipinski definition) is 6. The maximum absolute atomic E-state index is 12.4. The van der Waals surface area contributed by atoms with Crippen molar-refractivity contribution in [3.8, 4) is 0 Å². The highest BCUT2D eigenvalue weighted by molar-refractivity contribution is 7.90. The molecule has 2 aliphatic heterocycles. The van der Waals surface area contributed by atoms with Gasteiger partial charge in [-0.15, -0.1) is 4.40 Å². The van der Waals surface area contributed by atoms with Gasteiger partial charge in [0, 0.05) is 12.1 Å². The van der Waals surface area contributed by atoms with Gasteiger partial charge in [0.1, 0.15) is 16.5 Å². The molecule has 2 aromatic rings. The molecule has 0 aliphatic carbocycles. The highest BCUT2D eigenvalue weighted by Crippen LogP contribution is 2.27. The number of carbonyl (C=O) groups is 1. The van der Waals surface area contributed by atoms with Crippen LogP contribution >= 0.6 is 0 Å². The largest absolute Gasteiger partial charge is 0.341 e. The van der Waals surface area contributed by atoms with Gasteiger partial charge >= 0.3 is 0 Å². The van der Waals surface area contributed by atoms with E-state index < -0.39 is 10.0 Å². The van der Waals surface area contributed by atoms with Crippen LogP contribution in [0.2, 0.25) is 0 Å². The van der Waals surface area contributed by atoms with Gasteiger partial charge in [-0.2, -0.15) is 8.42 Å². The number of para-hydroxylation sites is 1. The normalized spacial score (nSPS) is 19.2. The van der Waals surface area contributed by atoms with Crippen molar-refractivity contribution < 1.29 is 13.2 Å². The number of nitrogens with zero attached hydrogens (tertiary/aromatic N) is 3. The Labute approximate surface area is 163 Å². The highest BCUT2D eigenvalue weighted by Gasteiger charge is 2.28. The van der Waals surface area contributed by atoms with Gasteiger partial charge in [0.15, 0.2) is 0 Å². The Kier molecular flexibility index (Phi) is 5.10. The molecule has 2 N–H and O–H groups in total. The number of sulfonamides is 1. The van der Waals surface area contributed by atoms with Crippen LogP contribution in [0.4, 0.5) is 11.5 Å². The molecule has 0 unspecified atom stereocenters. The summed E-state index contributed by atoms with van der Waals surface area (Å²) in [6.45, 7) is 1.80. The molecule has 1 amide bonds. The Balaban J connectivity index is 1.34. The van der Waals surface area contributed by atoms with E-state index in [1.54, 1.807) is 42.6 Å². The molecule has 3 heterocycles. The van der Waals surface area contributed by atoms with Gasteiger partial charge in [-0.25, -0.2) is 4.98 Å². The van der Waals surface area contributed by atoms with E-state index >= 15 is 0 Å². The second-order valence-electron chi connectivity index (χ2n) is 6.89. The fourth-order valence-electron chi connectivity index (χ4n) is 3.47. The van der Waals surface area contributed by atoms with E-state index in [1.807, 2.05) is 6.07 Å². The number of likely N-dealkylation sites (tertiary alicyclic amines) is 1. The minimum absolute atomic E-state index is 0.0250. The van der Waals surface area contributed by atoms with E-state index in [4.69, 9.17) is 0 Å². The lowest BCUT2D eigenvalue weighted by molar-refractivity contribution is -0.121. The zero-order chi connectivity index (χ0) is 19.6. The summed E-state index contributed by atoms with van der Waals surface area (Å²) in [6.07, 6.45) is 3.05. The van der Waals surface area contributed by atoms with Crippen molar-refractivity contribution in [3.05, 3.63) is 48.7 Å². The summed E-state index contributed by atoms with van der Waals surface area (Å²) in [4.78, 5) is 18.8. The van der Waals surface area contributed by atoms with Gasteiger partial charge in [0.05, 0.1) is 12.2 Å². The van der Waals surface area contributed by atoms with Crippen molar-refractivity contribution in [2.45, 2.75) is 17.7 Å². The van der Waals surface area contributed by atoms with Gasteiger partial charge in [0.2, 0.25) is 5.91 Å². The predicted molar refractivity (Wildman–Crippen MR) is 107 cm³/mol. The molecular weight excluding hydrogens is 378 g/mol. The summed E-state index contributed by atoms with van der Waals surface area (Å²) < 4.78 is 28.6. The van der Waals surface area contributed by atoms with Gasteiger partial charge in [-0.1, -0.05) is 18.2 Å². The summed E-state index contributed by atoms with van der Waals surface area (Å²) in [5.41, 5.74) is 0.553. The van der Waals surface area contributed by atoms with Crippen molar-refractivity contribution >= 4 is 33.3 Å². The van der Waals surface area contributed by atoms with Crippen LogP contribution < -0.4 is 10.6 Å². The number of benzene rings is 1. The fraction of sp³-hybridized carbons (Fsp3) is 0.316. The van der Waals surface area contributed by atoms with Crippen LogP contribution in [0.15, 0.2) is 58.0 Å². The molecule has 0 atom stereocenters. The Morgan fingerprint density at radius 1 is 1.14 bits per heavy atom. The van der Waals surface area contributed by atoms with E-state index in [9.17, 15) is 13.2 Å². The van der Waals surface area contributed by atoms with E-state index in [1.165, 1.54) is 0 Å². The molecule has 0 radical (unpaired) electrons. The van der Waals surface area contributed by atoms with Gasteiger partial charge in [-0.05, 0) is 50.2 Å². The van der Waals surface area contributed by atoms with Crippen LogP contribution in [-0.2, 0) is 14.8 Å². The first-order valence-electron chi connectivity index (χ1n) is 9.15. The van der Waals surface area contributed by atoms with Gasteiger partial charge < -0.3 is 10.6 Å². The first kappa shape index (κ1) is 18.6. The second-order valence-corrected chi connectivity index (χ2v) is 8.46. The Bertz CT molecular complexity index is 999. The molecule has 1 saturated heterocycles. The Morgan fingerprint density at radius 2 is 1.89 bits per heavy atom. The number of amidine groups is 1. The molecule has 9 heteroatoms. The van der Waals surface area contributed by atoms with Gasteiger partial charge in [0.25, 0.3) is 10.0 Å². The number of fused-ring (bicyclic) bond motifs is 1. The van der Waals surface area contributed by atoms with Crippen molar-refractivity contribution in [2.24, 2.45) is 10.3 Å². The Morgan fingerprint density at radius 3 is 2.64 bits per heavy atom. The van der Waals surface area contributed by atoms with Crippen molar-refractivity contribution in [1.82, 2.24) is 9.88 Å². The summed E-state index contributed by atoms with van der Waals surface area (Å²) >= 11 is 0. The number of aromatic nitrogens is 1. The molecule has 2 aliphatic rings. The molecule has 1 aromatic heterocycles. The van der Waals surface area contributed by atoms with E-state index in [0.29, 0.717) is 49.8 Å². The lowest BCUT2D eigenvalue weighted by Gasteiger charge is -2.32. The maximum atomic E-state index is 12.4. The van der Waals surface area contributed by atoms with E-state index in [-0.39, 0.29) is 16.7 Å². The molecule has 4 rings (SSSR count). The Hall–Kier alpha value is -2.78. The average Bonchev–Trinajstić information content (AvgIpc) is 2.69. The van der Waals surface area contributed by atoms with Crippen molar-refractivity contribution in [1.29, 1.82) is 0 Å². The van der Waals surface area contributed by atoms with Crippen LogP contribution in [0.1, 0.15) is 12.8 Å². The third-order valence-electron chi connectivity index (χ3n) is 4.92. The second kappa shape index (κ2) is 7.69. The molecule has 0 bridgehead atoms. The van der Waals surface area contributed by atoms with E-state index in [0.717, 1.165) is 0 Å². The number of anilines is 2. The molecular formula is C19H21N5O3S. The maximum Gasteiger partial charge on any atom is 0.286 e. The van der Waals surface area contributed by atoms with Crippen molar-refractivity contribution in [3.63, 3.8) is 0 Å². The molecule has 1 aromatic carbocycles. The third kappa shape index (κ3) is 4.05. The quantitative estimate of drug-likeness (QED) is 0.814. The first-order chi connectivity index (χ1) is 13.5. The zero-order valence-corrected chi connectivity index (χ0v) is 16.0. The van der Waals surface area contributed by atoms with Crippen LogP contribution in [0, 0.1) is 5.92 Å². The van der Waals surface area contributed by atoms with Crippen LogP contribution in [0.5, 0.6) is 0 Å². The smallest absolute Gasteiger partial charge is 0.286 e. The number of rotatable bonds is 4. The topological polar surface area (TPSA) is 104 Å². The molecule has 0 spiro atoms. The monoisotopic (exact) mass is 399 g/mol. The summed E-state index contributed by atoms with van der Waals surface area (Å²) in [5.74, 6) is 0.863. The summed E-state index contributed by atoms with van der Waals surface area (Å²) in [5, 5.41) is 5.95. The number of piperidine rings is 1. The summed E-state index contributed by atoms with van der Waals surface area (Å²) in [6, 6.07) is 12.1. The third-order valence-corrected chi connectivity index (χ3v) is 6.29. The zero-order valence-electron chi connectivity index (χ0n) is 15.2.